The van der Waals surface area contributed by atoms with Crippen LogP contribution in [0.3, 0.4) is 0 Å². The third kappa shape index (κ3) is 2.59. The Morgan fingerprint density at radius 2 is 1.78 bits per heavy atom. The Bertz CT molecular complexity index is 537. The van der Waals surface area contributed by atoms with Gasteiger partial charge < -0.3 is 10.5 Å². The van der Waals surface area contributed by atoms with Gasteiger partial charge in [-0.3, -0.25) is 0 Å². The summed E-state index contributed by atoms with van der Waals surface area (Å²) >= 11 is 5.91. The maximum atomic E-state index is 6.01. The zero-order valence-corrected chi connectivity index (χ0v) is 11.2. The van der Waals surface area contributed by atoms with Crippen molar-refractivity contribution in [2.24, 2.45) is 0 Å². The van der Waals surface area contributed by atoms with Gasteiger partial charge in [0.1, 0.15) is 5.75 Å². The molecule has 3 heteroatoms. The minimum Gasteiger partial charge on any atom is -0.497 e. The molecule has 1 atom stereocenters. The van der Waals surface area contributed by atoms with Crippen LogP contribution in [0, 0.1) is 0 Å². The Morgan fingerprint density at radius 1 is 1.11 bits per heavy atom. The molecule has 1 unspecified atom stereocenters. The highest BCUT2D eigenvalue weighted by Gasteiger charge is 2.11. The molecule has 0 radical (unpaired) electrons. The second-order valence-corrected chi connectivity index (χ2v) is 4.70. The van der Waals surface area contributed by atoms with Crippen LogP contribution in [0.5, 0.6) is 5.75 Å². The first-order valence-electron chi connectivity index (χ1n) is 5.80. The van der Waals surface area contributed by atoms with E-state index < -0.39 is 0 Å². The van der Waals surface area contributed by atoms with Crippen LogP contribution in [0.4, 0.5) is 5.69 Å². The second-order valence-electron chi connectivity index (χ2n) is 4.27. The number of methoxy groups -OCH3 is 1. The SMILES string of the molecule is COc1ccc(C(C)c2ccc(Cl)cc2N)cc1. The lowest BCUT2D eigenvalue weighted by molar-refractivity contribution is 0.414. The Kier molecular flexibility index (Phi) is 3.78. The van der Waals surface area contributed by atoms with Crippen molar-refractivity contribution in [1.82, 2.24) is 0 Å². The molecule has 0 saturated carbocycles. The van der Waals surface area contributed by atoms with Crippen LogP contribution in [0.15, 0.2) is 42.5 Å². The van der Waals surface area contributed by atoms with Gasteiger partial charge in [0.05, 0.1) is 7.11 Å². The van der Waals surface area contributed by atoms with Crippen molar-refractivity contribution >= 4 is 17.3 Å². The quantitative estimate of drug-likeness (QED) is 0.845. The molecule has 2 aromatic rings. The number of benzene rings is 2. The Morgan fingerprint density at radius 3 is 2.33 bits per heavy atom. The third-order valence-electron chi connectivity index (χ3n) is 3.13. The van der Waals surface area contributed by atoms with Gasteiger partial charge in [0, 0.05) is 16.6 Å². The molecule has 0 heterocycles. The summed E-state index contributed by atoms with van der Waals surface area (Å²) in [4.78, 5) is 0. The van der Waals surface area contributed by atoms with Crippen LogP contribution in [-0.4, -0.2) is 7.11 Å². The minimum absolute atomic E-state index is 0.230. The highest BCUT2D eigenvalue weighted by Crippen LogP contribution is 2.31. The molecule has 0 amide bonds. The number of hydrogen-bond donors (Lipinski definition) is 1. The van der Waals surface area contributed by atoms with Crippen LogP contribution in [0.1, 0.15) is 24.0 Å². The molecule has 0 spiro atoms. The zero-order chi connectivity index (χ0) is 13.1. The lowest BCUT2D eigenvalue weighted by Gasteiger charge is -2.15. The fourth-order valence-corrected chi connectivity index (χ4v) is 2.19. The highest BCUT2D eigenvalue weighted by molar-refractivity contribution is 6.30. The summed E-state index contributed by atoms with van der Waals surface area (Å²) in [5.41, 5.74) is 9.02. The van der Waals surface area contributed by atoms with E-state index in [1.807, 2.05) is 24.3 Å². The van der Waals surface area contributed by atoms with Gasteiger partial charge in [-0.05, 0) is 35.4 Å². The standard InChI is InChI=1S/C15H16ClNO/c1-10(11-3-6-13(18-2)7-4-11)14-8-5-12(16)9-15(14)17/h3-10H,17H2,1-2H3. The van der Waals surface area contributed by atoms with Crippen molar-refractivity contribution in [3.63, 3.8) is 0 Å². The Labute approximate surface area is 112 Å². The molecule has 0 bridgehead atoms. The molecule has 0 aliphatic rings. The van der Waals surface area contributed by atoms with Crippen molar-refractivity contribution in [3.05, 3.63) is 58.6 Å². The van der Waals surface area contributed by atoms with Crippen molar-refractivity contribution < 1.29 is 4.74 Å². The topological polar surface area (TPSA) is 35.2 Å². The highest BCUT2D eigenvalue weighted by atomic mass is 35.5. The fourth-order valence-electron chi connectivity index (χ4n) is 2.01. The average molecular weight is 262 g/mol. The summed E-state index contributed by atoms with van der Waals surface area (Å²) in [6.45, 7) is 2.13. The van der Waals surface area contributed by atoms with Gasteiger partial charge in [0.2, 0.25) is 0 Å². The number of anilines is 1. The van der Waals surface area contributed by atoms with Gasteiger partial charge in [-0.25, -0.2) is 0 Å². The molecular formula is C15H16ClNO. The molecule has 0 fully saturated rings. The van der Waals surface area contributed by atoms with Gasteiger partial charge >= 0.3 is 0 Å². The predicted molar refractivity (Wildman–Crippen MR) is 76.4 cm³/mol. The molecule has 0 aliphatic carbocycles. The van der Waals surface area contributed by atoms with Gasteiger partial charge in [0.25, 0.3) is 0 Å². The maximum Gasteiger partial charge on any atom is 0.118 e. The molecular weight excluding hydrogens is 246 g/mol. The number of ether oxygens (including phenoxy) is 1. The molecule has 2 rings (SSSR count). The summed E-state index contributed by atoms with van der Waals surface area (Å²) in [5.74, 6) is 1.09. The monoisotopic (exact) mass is 261 g/mol. The number of nitrogens with two attached hydrogens (primary N) is 1. The van der Waals surface area contributed by atoms with Crippen LogP contribution in [-0.2, 0) is 0 Å². The van der Waals surface area contributed by atoms with E-state index in [9.17, 15) is 0 Å². The maximum absolute atomic E-state index is 6.01. The van der Waals surface area contributed by atoms with Crippen LogP contribution in [0.25, 0.3) is 0 Å². The lowest BCUT2D eigenvalue weighted by atomic mass is 9.92. The van der Waals surface area contributed by atoms with Crippen LogP contribution in [0.2, 0.25) is 5.02 Å². The second kappa shape index (κ2) is 5.32. The summed E-state index contributed by atoms with van der Waals surface area (Å²) < 4.78 is 5.15. The summed E-state index contributed by atoms with van der Waals surface area (Å²) in [6, 6.07) is 13.7. The number of halogens is 1. The minimum atomic E-state index is 0.230. The van der Waals surface area contributed by atoms with Crippen molar-refractivity contribution in [3.8, 4) is 5.75 Å². The van der Waals surface area contributed by atoms with E-state index >= 15 is 0 Å². The molecule has 0 aromatic heterocycles. The number of rotatable bonds is 3. The van der Waals surface area contributed by atoms with E-state index in [1.165, 1.54) is 5.56 Å². The first-order valence-corrected chi connectivity index (χ1v) is 6.18. The molecule has 2 aromatic carbocycles. The molecule has 0 aliphatic heterocycles. The van der Waals surface area contributed by atoms with E-state index in [1.54, 1.807) is 13.2 Å². The predicted octanol–water partition coefficient (Wildman–Crippen LogP) is 4.08. The first kappa shape index (κ1) is 12.8. The van der Waals surface area contributed by atoms with Crippen molar-refractivity contribution in [2.75, 3.05) is 12.8 Å². The molecule has 94 valence electrons. The number of hydrogen-bond acceptors (Lipinski definition) is 2. The molecule has 0 saturated heterocycles. The molecule has 2 N–H and O–H groups in total. The lowest BCUT2D eigenvalue weighted by Crippen LogP contribution is -2.01. The Hall–Kier alpha value is -1.67. The first-order chi connectivity index (χ1) is 8.61. The third-order valence-corrected chi connectivity index (χ3v) is 3.37. The van der Waals surface area contributed by atoms with E-state index in [2.05, 4.69) is 19.1 Å². The smallest absolute Gasteiger partial charge is 0.118 e. The summed E-state index contributed by atoms with van der Waals surface area (Å²) in [6.07, 6.45) is 0. The van der Waals surface area contributed by atoms with E-state index in [0.717, 1.165) is 17.0 Å². The summed E-state index contributed by atoms with van der Waals surface area (Å²) in [7, 11) is 1.66. The average Bonchev–Trinajstić information content (AvgIpc) is 2.38. The molecule has 2 nitrogen and oxygen atoms in total. The van der Waals surface area contributed by atoms with Gasteiger partial charge in [0.15, 0.2) is 0 Å². The Balaban J connectivity index is 2.31. The largest absolute Gasteiger partial charge is 0.497 e. The zero-order valence-electron chi connectivity index (χ0n) is 10.5. The number of nitrogen functional groups attached to an aromatic ring is 1. The van der Waals surface area contributed by atoms with Crippen LogP contribution >= 0.6 is 11.6 Å². The molecule has 18 heavy (non-hydrogen) atoms. The normalized spacial score (nSPS) is 12.2. The van der Waals surface area contributed by atoms with Gasteiger partial charge in [-0.2, -0.15) is 0 Å². The fraction of sp³-hybridized carbons (Fsp3) is 0.200. The van der Waals surface area contributed by atoms with Gasteiger partial charge in [-0.1, -0.05) is 36.7 Å². The van der Waals surface area contributed by atoms with E-state index in [4.69, 9.17) is 22.1 Å². The van der Waals surface area contributed by atoms with E-state index in [0.29, 0.717) is 5.02 Å². The van der Waals surface area contributed by atoms with E-state index in [-0.39, 0.29) is 5.92 Å². The van der Waals surface area contributed by atoms with Crippen molar-refractivity contribution in [1.29, 1.82) is 0 Å². The summed E-state index contributed by atoms with van der Waals surface area (Å²) in [5, 5.41) is 0.665. The van der Waals surface area contributed by atoms with Crippen LogP contribution < -0.4 is 10.5 Å². The van der Waals surface area contributed by atoms with Crippen molar-refractivity contribution in [2.45, 2.75) is 12.8 Å². The van der Waals surface area contributed by atoms with Gasteiger partial charge in [-0.15, -0.1) is 0 Å².